The first-order valence-electron chi connectivity index (χ1n) is 7.44. The summed E-state index contributed by atoms with van der Waals surface area (Å²) >= 11 is 5.90. The van der Waals surface area contributed by atoms with Crippen LogP contribution in [0.4, 0.5) is 0 Å². The lowest BCUT2D eigenvalue weighted by Crippen LogP contribution is -2.43. The van der Waals surface area contributed by atoms with Crippen LogP contribution in [0.15, 0.2) is 23.1 Å². The van der Waals surface area contributed by atoms with Crippen LogP contribution in [0.3, 0.4) is 0 Å². The highest BCUT2D eigenvalue weighted by Gasteiger charge is 2.28. The third kappa shape index (κ3) is 4.16. The molecule has 1 amide bonds. The molecular weight excluding hydrogens is 340 g/mol. The molecule has 1 fully saturated rings. The summed E-state index contributed by atoms with van der Waals surface area (Å²) in [6, 6.07) is 4.38. The number of sulfonamides is 1. The van der Waals surface area contributed by atoms with Gasteiger partial charge in [-0.15, -0.1) is 0 Å². The molecule has 1 aromatic carbocycles. The molecule has 1 heterocycles. The van der Waals surface area contributed by atoms with Crippen molar-refractivity contribution in [3.8, 4) is 5.75 Å². The minimum absolute atomic E-state index is 0.0403. The lowest BCUT2D eigenvalue weighted by molar-refractivity contribution is -0.132. The lowest BCUT2D eigenvalue weighted by atomic mass is 10.1. The molecule has 0 saturated carbocycles. The van der Waals surface area contributed by atoms with Crippen LogP contribution in [0.1, 0.15) is 19.3 Å². The van der Waals surface area contributed by atoms with Crippen molar-refractivity contribution in [1.29, 1.82) is 0 Å². The normalized spacial score (nSPS) is 15.7. The molecule has 0 aromatic heterocycles. The Morgan fingerprint density at radius 3 is 2.57 bits per heavy atom. The van der Waals surface area contributed by atoms with Crippen LogP contribution in [0.5, 0.6) is 5.75 Å². The number of rotatable bonds is 5. The molecule has 6 nitrogen and oxygen atoms in total. The van der Waals surface area contributed by atoms with Gasteiger partial charge in [0.15, 0.2) is 0 Å². The van der Waals surface area contributed by atoms with Gasteiger partial charge in [-0.3, -0.25) is 4.79 Å². The molecule has 1 aliphatic heterocycles. The van der Waals surface area contributed by atoms with Crippen molar-refractivity contribution in [2.45, 2.75) is 24.2 Å². The van der Waals surface area contributed by atoms with Gasteiger partial charge in [-0.1, -0.05) is 11.6 Å². The molecule has 8 heteroatoms. The average Bonchev–Trinajstić information content (AvgIpc) is 2.55. The zero-order chi connectivity index (χ0) is 17.0. The van der Waals surface area contributed by atoms with Crippen molar-refractivity contribution in [2.75, 3.05) is 33.8 Å². The molecule has 0 bridgehead atoms. The molecule has 0 radical (unpaired) electrons. The van der Waals surface area contributed by atoms with E-state index >= 15 is 0 Å². The second-order valence-corrected chi connectivity index (χ2v) is 7.95. The van der Waals surface area contributed by atoms with E-state index in [4.69, 9.17) is 16.3 Å². The van der Waals surface area contributed by atoms with E-state index in [1.165, 1.54) is 26.3 Å². The van der Waals surface area contributed by atoms with Gasteiger partial charge >= 0.3 is 0 Å². The first-order chi connectivity index (χ1) is 10.9. The Morgan fingerprint density at radius 1 is 1.30 bits per heavy atom. The van der Waals surface area contributed by atoms with E-state index in [0.29, 0.717) is 18.1 Å². The van der Waals surface area contributed by atoms with Crippen LogP contribution >= 0.6 is 11.6 Å². The maximum Gasteiger partial charge on any atom is 0.247 e. The summed E-state index contributed by atoms with van der Waals surface area (Å²) in [7, 11) is -1.09. The van der Waals surface area contributed by atoms with Gasteiger partial charge < -0.3 is 9.64 Å². The van der Waals surface area contributed by atoms with E-state index < -0.39 is 10.0 Å². The Kier molecular flexibility index (Phi) is 5.89. The van der Waals surface area contributed by atoms with Crippen molar-refractivity contribution in [2.24, 2.45) is 0 Å². The van der Waals surface area contributed by atoms with Gasteiger partial charge in [-0.2, -0.15) is 4.31 Å². The average molecular weight is 361 g/mol. The monoisotopic (exact) mass is 360 g/mol. The van der Waals surface area contributed by atoms with Crippen molar-refractivity contribution in [1.82, 2.24) is 9.21 Å². The highest BCUT2D eigenvalue weighted by Crippen LogP contribution is 2.29. The summed E-state index contributed by atoms with van der Waals surface area (Å²) in [4.78, 5) is 13.9. The summed E-state index contributed by atoms with van der Waals surface area (Å²) in [5.41, 5.74) is 0. The fraction of sp³-hybridized carbons (Fsp3) is 0.533. The van der Waals surface area contributed by atoms with E-state index in [-0.39, 0.29) is 23.1 Å². The Bertz CT molecular complexity index is 672. The summed E-state index contributed by atoms with van der Waals surface area (Å²) in [6.07, 6.45) is 3.03. The summed E-state index contributed by atoms with van der Waals surface area (Å²) in [6.45, 7) is 1.18. The number of hydrogen-bond acceptors (Lipinski definition) is 4. The zero-order valence-corrected chi connectivity index (χ0v) is 14.9. The SMILES string of the molecule is COc1ccc(Cl)cc1S(=O)(=O)N(C)CC(=O)N1CCCCC1. The summed E-state index contributed by atoms with van der Waals surface area (Å²) in [5.74, 6) is 0.0171. The molecule has 0 aliphatic carbocycles. The van der Waals surface area contributed by atoms with E-state index in [1.54, 1.807) is 11.0 Å². The number of nitrogens with zero attached hydrogens (tertiary/aromatic N) is 2. The molecule has 1 aliphatic rings. The van der Waals surface area contributed by atoms with Crippen molar-refractivity contribution in [3.63, 3.8) is 0 Å². The minimum atomic E-state index is -3.86. The quantitative estimate of drug-likeness (QED) is 0.805. The minimum Gasteiger partial charge on any atom is -0.495 e. The summed E-state index contributed by atoms with van der Waals surface area (Å²) < 4.78 is 31.5. The standard InChI is InChI=1S/C15H21ClN2O4S/c1-17(11-15(19)18-8-4-3-5-9-18)23(20,21)14-10-12(16)6-7-13(14)22-2/h6-7,10H,3-5,8-9,11H2,1-2H3. The second-order valence-electron chi connectivity index (χ2n) is 5.50. The maximum atomic E-state index is 12.7. The van der Waals surface area contributed by atoms with E-state index in [9.17, 15) is 13.2 Å². The van der Waals surface area contributed by atoms with E-state index in [1.807, 2.05) is 0 Å². The fourth-order valence-electron chi connectivity index (χ4n) is 2.54. The second kappa shape index (κ2) is 7.51. The number of likely N-dealkylation sites (N-methyl/N-ethyl adjacent to an activating group) is 1. The molecule has 23 heavy (non-hydrogen) atoms. The lowest BCUT2D eigenvalue weighted by Gasteiger charge is -2.28. The molecule has 0 unspecified atom stereocenters. The molecular formula is C15H21ClN2O4S. The smallest absolute Gasteiger partial charge is 0.247 e. The molecule has 1 aromatic rings. The maximum absolute atomic E-state index is 12.7. The Balaban J connectivity index is 2.18. The molecule has 0 spiro atoms. The Labute approximate surface area is 142 Å². The van der Waals surface area contributed by atoms with Crippen LogP contribution in [-0.2, 0) is 14.8 Å². The topological polar surface area (TPSA) is 66.9 Å². The molecule has 128 valence electrons. The first-order valence-corrected chi connectivity index (χ1v) is 9.25. The number of hydrogen-bond donors (Lipinski definition) is 0. The predicted molar refractivity (Wildman–Crippen MR) is 88.3 cm³/mol. The first kappa shape index (κ1) is 18.0. The Morgan fingerprint density at radius 2 is 1.96 bits per heavy atom. The van der Waals surface area contributed by atoms with Gasteiger partial charge in [0.1, 0.15) is 10.6 Å². The number of halogens is 1. The van der Waals surface area contributed by atoms with Crippen LogP contribution in [0, 0.1) is 0 Å². The number of amides is 1. The Hall–Kier alpha value is -1.31. The number of likely N-dealkylation sites (tertiary alicyclic amines) is 1. The number of piperidine rings is 1. The molecule has 2 rings (SSSR count). The molecule has 1 saturated heterocycles. The van der Waals surface area contributed by atoms with Crippen LogP contribution in [0.25, 0.3) is 0 Å². The van der Waals surface area contributed by atoms with Gasteiger partial charge in [0.05, 0.1) is 13.7 Å². The predicted octanol–water partition coefficient (Wildman–Crippen LogP) is 1.98. The fourth-order valence-corrected chi connectivity index (χ4v) is 4.07. The number of methoxy groups -OCH3 is 1. The van der Waals surface area contributed by atoms with Gasteiger partial charge in [-0.25, -0.2) is 8.42 Å². The number of benzene rings is 1. The number of carbonyl (C=O) groups is 1. The zero-order valence-electron chi connectivity index (χ0n) is 13.3. The molecule has 0 N–H and O–H groups in total. The summed E-state index contributed by atoms with van der Waals surface area (Å²) in [5, 5.41) is 0.292. The molecule has 0 atom stereocenters. The highest BCUT2D eigenvalue weighted by molar-refractivity contribution is 7.89. The van der Waals surface area contributed by atoms with Crippen molar-refractivity contribution < 1.29 is 17.9 Å². The van der Waals surface area contributed by atoms with Crippen LogP contribution in [0.2, 0.25) is 5.02 Å². The van der Waals surface area contributed by atoms with Gasteiger partial charge in [0.25, 0.3) is 0 Å². The van der Waals surface area contributed by atoms with Crippen molar-refractivity contribution in [3.05, 3.63) is 23.2 Å². The van der Waals surface area contributed by atoms with Crippen LogP contribution in [-0.4, -0.2) is 57.3 Å². The third-order valence-electron chi connectivity index (χ3n) is 3.88. The third-order valence-corrected chi connectivity index (χ3v) is 5.94. The number of ether oxygens (including phenoxy) is 1. The largest absolute Gasteiger partial charge is 0.495 e. The highest BCUT2D eigenvalue weighted by atomic mass is 35.5. The van der Waals surface area contributed by atoms with Crippen LogP contribution < -0.4 is 4.74 Å². The van der Waals surface area contributed by atoms with E-state index in [0.717, 1.165) is 23.6 Å². The van der Waals surface area contributed by atoms with Crippen molar-refractivity contribution >= 4 is 27.5 Å². The number of carbonyl (C=O) groups excluding carboxylic acids is 1. The van der Waals surface area contributed by atoms with Gasteiger partial charge in [-0.05, 0) is 37.5 Å². The van der Waals surface area contributed by atoms with Gasteiger partial charge in [0.2, 0.25) is 15.9 Å². The van der Waals surface area contributed by atoms with E-state index in [2.05, 4.69) is 0 Å². The van der Waals surface area contributed by atoms with Gasteiger partial charge in [0, 0.05) is 25.2 Å².